The standard InChI is InChI=1S/C14H30O5Si2/c1-13(2)14(15)18-11-10-17-9-8-12-20(4,5)19-21(6,7)16-3/h1,8-12H2,2-7H3. The normalized spacial score (nSPS) is 12.3. The Morgan fingerprint density at radius 1 is 1.10 bits per heavy atom. The first-order valence-electron chi connectivity index (χ1n) is 7.25. The van der Waals surface area contributed by atoms with E-state index in [1.165, 1.54) is 0 Å². The van der Waals surface area contributed by atoms with E-state index in [0.717, 1.165) is 12.5 Å². The van der Waals surface area contributed by atoms with Crippen LogP contribution in [0.15, 0.2) is 12.2 Å². The van der Waals surface area contributed by atoms with E-state index < -0.39 is 16.9 Å². The molecule has 0 aromatic rings. The highest BCUT2D eigenvalue weighted by Crippen LogP contribution is 2.20. The molecule has 0 aliphatic carbocycles. The van der Waals surface area contributed by atoms with Crippen molar-refractivity contribution in [3.8, 4) is 0 Å². The van der Waals surface area contributed by atoms with Crippen molar-refractivity contribution < 1.29 is 22.8 Å². The van der Waals surface area contributed by atoms with Crippen molar-refractivity contribution in [2.45, 2.75) is 45.6 Å². The lowest BCUT2D eigenvalue weighted by Gasteiger charge is -2.32. The average Bonchev–Trinajstić information content (AvgIpc) is 2.35. The number of esters is 1. The van der Waals surface area contributed by atoms with E-state index in [2.05, 4.69) is 32.8 Å². The Kier molecular flexibility index (Phi) is 9.31. The van der Waals surface area contributed by atoms with Gasteiger partial charge in [-0.05, 0) is 45.6 Å². The molecule has 0 saturated heterocycles. The number of hydrogen-bond donors (Lipinski definition) is 0. The van der Waals surface area contributed by atoms with Crippen molar-refractivity contribution in [3.63, 3.8) is 0 Å². The van der Waals surface area contributed by atoms with Gasteiger partial charge >= 0.3 is 14.5 Å². The third-order valence-corrected chi connectivity index (χ3v) is 9.61. The minimum Gasteiger partial charge on any atom is -0.460 e. The van der Waals surface area contributed by atoms with E-state index >= 15 is 0 Å². The lowest BCUT2D eigenvalue weighted by atomic mass is 10.4. The van der Waals surface area contributed by atoms with Crippen molar-refractivity contribution in [1.82, 2.24) is 0 Å². The van der Waals surface area contributed by atoms with Gasteiger partial charge in [0, 0.05) is 19.3 Å². The van der Waals surface area contributed by atoms with Gasteiger partial charge in [0.1, 0.15) is 6.61 Å². The molecule has 124 valence electrons. The van der Waals surface area contributed by atoms with Crippen LogP contribution in [0.25, 0.3) is 0 Å². The summed E-state index contributed by atoms with van der Waals surface area (Å²) < 4.78 is 22.0. The van der Waals surface area contributed by atoms with E-state index in [1.807, 2.05) is 0 Å². The minimum absolute atomic E-state index is 0.270. The van der Waals surface area contributed by atoms with Crippen molar-refractivity contribution in [2.24, 2.45) is 0 Å². The smallest absolute Gasteiger partial charge is 0.333 e. The predicted octanol–water partition coefficient (Wildman–Crippen LogP) is 3.08. The van der Waals surface area contributed by atoms with Gasteiger partial charge in [0.2, 0.25) is 0 Å². The topological polar surface area (TPSA) is 54.0 Å². The van der Waals surface area contributed by atoms with Gasteiger partial charge < -0.3 is 18.0 Å². The van der Waals surface area contributed by atoms with Crippen LogP contribution in [0.1, 0.15) is 13.3 Å². The lowest BCUT2D eigenvalue weighted by Crippen LogP contribution is -2.45. The first-order chi connectivity index (χ1) is 9.59. The quantitative estimate of drug-likeness (QED) is 0.251. The summed E-state index contributed by atoms with van der Waals surface area (Å²) in [6.07, 6.45) is 0.946. The summed E-state index contributed by atoms with van der Waals surface area (Å²) in [6.45, 7) is 15.0. The molecule has 0 aliphatic rings. The average molecular weight is 335 g/mol. The summed E-state index contributed by atoms with van der Waals surface area (Å²) in [6, 6.07) is 1.03. The van der Waals surface area contributed by atoms with E-state index in [4.69, 9.17) is 18.0 Å². The summed E-state index contributed by atoms with van der Waals surface area (Å²) in [7, 11) is -1.95. The van der Waals surface area contributed by atoms with E-state index in [0.29, 0.717) is 18.8 Å². The zero-order valence-corrected chi connectivity index (χ0v) is 16.3. The van der Waals surface area contributed by atoms with Crippen LogP contribution in [0.2, 0.25) is 32.2 Å². The molecule has 0 N–H and O–H groups in total. The van der Waals surface area contributed by atoms with Crippen molar-refractivity contribution in [3.05, 3.63) is 12.2 Å². The molecular weight excluding hydrogens is 304 g/mol. The van der Waals surface area contributed by atoms with Crippen molar-refractivity contribution in [2.75, 3.05) is 26.9 Å². The van der Waals surface area contributed by atoms with Crippen LogP contribution in [0.4, 0.5) is 0 Å². The van der Waals surface area contributed by atoms with Crippen LogP contribution in [0.3, 0.4) is 0 Å². The zero-order valence-electron chi connectivity index (χ0n) is 14.3. The summed E-state index contributed by atoms with van der Waals surface area (Å²) in [5.74, 6) is -0.368. The van der Waals surface area contributed by atoms with Crippen molar-refractivity contribution >= 4 is 22.8 Å². The Morgan fingerprint density at radius 3 is 2.24 bits per heavy atom. The molecule has 0 amide bonds. The van der Waals surface area contributed by atoms with Gasteiger partial charge in [0.15, 0.2) is 8.32 Å². The Bertz CT molecular complexity index is 342. The fraction of sp³-hybridized carbons (Fsp3) is 0.786. The maximum Gasteiger partial charge on any atom is 0.333 e. The molecule has 21 heavy (non-hydrogen) atoms. The molecule has 0 spiro atoms. The second-order valence-electron chi connectivity index (χ2n) is 6.10. The van der Waals surface area contributed by atoms with Gasteiger partial charge in [-0.3, -0.25) is 0 Å². The maximum absolute atomic E-state index is 11.1. The Labute approximate surface area is 131 Å². The largest absolute Gasteiger partial charge is 0.460 e. The van der Waals surface area contributed by atoms with Gasteiger partial charge in [-0.1, -0.05) is 6.58 Å². The van der Waals surface area contributed by atoms with E-state index in [-0.39, 0.29) is 12.6 Å². The molecule has 7 heteroatoms. The molecule has 5 nitrogen and oxygen atoms in total. The molecule has 0 saturated carbocycles. The van der Waals surface area contributed by atoms with Crippen LogP contribution in [-0.2, 0) is 22.8 Å². The van der Waals surface area contributed by atoms with Gasteiger partial charge in [-0.15, -0.1) is 0 Å². The SMILES string of the molecule is C=C(C)C(=O)OCCOCCC[Si](C)(C)O[Si](C)(C)OC. The van der Waals surface area contributed by atoms with Gasteiger partial charge in [0.05, 0.1) is 6.61 Å². The van der Waals surface area contributed by atoms with E-state index in [9.17, 15) is 4.79 Å². The Morgan fingerprint density at radius 2 is 1.71 bits per heavy atom. The molecule has 0 atom stereocenters. The van der Waals surface area contributed by atoms with Crippen LogP contribution in [0.5, 0.6) is 0 Å². The second-order valence-corrected chi connectivity index (χ2v) is 14.1. The Balaban J connectivity index is 3.71. The molecule has 0 unspecified atom stereocenters. The predicted molar refractivity (Wildman–Crippen MR) is 89.1 cm³/mol. The van der Waals surface area contributed by atoms with Crippen LogP contribution < -0.4 is 0 Å². The molecule has 0 aromatic heterocycles. The fourth-order valence-electron chi connectivity index (χ4n) is 1.78. The first-order valence-corrected chi connectivity index (χ1v) is 13.2. The van der Waals surface area contributed by atoms with E-state index in [1.54, 1.807) is 14.0 Å². The number of rotatable bonds is 11. The van der Waals surface area contributed by atoms with Crippen LogP contribution in [-0.4, -0.2) is 49.8 Å². The minimum atomic E-state index is -1.96. The van der Waals surface area contributed by atoms with Crippen LogP contribution in [0, 0.1) is 0 Å². The molecule has 0 aliphatic heterocycles. The van der Waals surface area contributed by atoms with Gasteiger partial charge in [-0.25, -0.2) is 4.79 Å². The summed E-state index contributed by atoms with van der Waals surface area (Å²) >= 11 is 0. The molecule has 0 heterocycles. The number of ether oxygens (including phenoxy) is 2. The molecule has 0 rings (SSSR count). The molecule has 0 bridgehead atoms. The third kappa shape index (κ3) is 10.8. The number of hydrogen-bond acceptors (Lipinski definition) is 5. The fourth-order valence-corrected chi connectivity index (χ4v) is 8.84. The summed E-state index contributed by atoms with van der Waals surface area (Å²) in [5, 5.41) is 0. The first kappa shape index (κ1) is 20.5. The molecule has 0 fully saturated rings. The zero-order chi connectivity index (χ0) is 16.5. The van der Waals surface area contributed by atoms with Gasteiger partial charge in [0.25, 0.3) is 0 Å². The molecule has 0 radical (unpaired) electrons. The van der Waals surface area contributed by atoms with Crippen LogP contribution >= 0.6 is 0 Å². The molecular formula is C14H30O5Si2. The second kappa shape index (κ2) is 9.52. The van der Waals surface area contributed by atoms with Crippen molar-refractivity contribution in [1.29, 1.82) is 0 Å². The monoisotopic (exact) mass is 334 g/mol. The highest BCUT2D eigenvalue weighted by atomic mass is 28.4. The summed E-state index contributed by atoms with van der Waals surface area (Å²) in [5.41, 5.74) is 0.407. The third-order valence-electron chi connectivity index (χ3n) is 2.89. The van der Waals surface area contributed by atoms with Gasteiger partial charge in [-0.2, -0.15) is 0 Å². The number of carbonyl (C=O) groups is 1. The maximum atomic E-state index is 11.1. The molecule has 0 aromatic carbocycles. The highest BCUT2D eigenvalue weighted by Gasteiger charge is 2.33. The summed E-state index contributed by atoms with van der Waals surface area (Å²) in [4.78, 5) is 11.1. The lowest BCUT2D eigenvalue weighted by molar-refractivity contribution is -0.140. The Hall–Kier alpha value is -0.476. The highest BCUT2D eigenvalue weighted by molar-refractivity contribution is 6.82. The number of carbonyl (C=O) groups excluding carboxylic acids is 1.